The number of aliphatic carboxylic acids is 1. The van der Waals surface area contributed by atoms with Crippen molar-refractivity contribution >= 4 is 17.8 Å². The largest absolute Gasteiger partial charge is 0.480 e. The number of nitrogens with one attached hydrogen (secondary N) is 1. The minimum Gasteiger partial charge on any atom is -0.480 e. The van der Waals surface area contributed by atoms with Crippen molar-refractivity contribution in [3.8, 4) is 0 Å². The van der Waals surface area contributed by atoms with Crippen LogP contribution in [-0.4, -0.2) is 52.5 Å². The van der Waals surface area contributed by atoms with Gasteiger partial charge >= 0.3 is 5.97 Å². The molecule has 0 aromatic heterocycles. The third kappa shape index (κ3) is 4.69. The van der Waals surface area contributed by atoms with Gasteiger partial charge in [-0.05, 0) is 24.7 Å². The topological polar surface area (TPSA) is 113 Å². The number of carbonyl (C=O) groups is 3. The Bertz CT molecular complexity index is 469. The van der Waals surface area contributed by atoms with E-state index in [-0.39, 0.29) is 17.7 Å². The molecule has 1 aliphatic rings. The molecule has 0 saturated carbocycles. The van der Waals surface area contributed by atoms with Crippen LogP contribution in [0.3, 0.4) is 0 Å². The number of nitrogens with two attached hydrogens (primary N) is 1. The maximum atomic E-state index is 12.6. The van der Waals surface area contributed by atoms with E-state index in [1.165, 1.54) is 4.90 Å². The average Bonchev–Trinajstić information content (AvgIpc) is 3.05. The smallest absolute Gasteiger partial charge is 0.326 e. The van der Waals surface area contributed by atoms with E-state index in [0.29, 0.717) is 19.4 Å². The zero-order valence-electron chi connectivity index (χ0n) is 15.1. The zero-order valence-corrected chi connectivity index (χ0v) is 15.1. The molecule has 0 spiro atoms. The Kier molecular flexibility index (Phi) is 7.66. The summed E-state index contributed by atoms with van der Waals surface area (Å²) in [7, 11) is 0. The summed E-state index contributed by atoms with van der Waals surface area (Å²) in [4.78, 5) is 38.0. The van der Waals surface area contributed by atoms with Crippen molar-refractivity contribution in [2.24, 2.45) is 17.6 Å². The highest BCUT2D eigenvalue weighted by Gasteiger charge is 2.38. The predicted octanol–water partition coefficient (Wildman–Crippen LogP) is 0.966. The monoisotopic (exact) mass is 341 g/mol. The van der Waals surface area contributed by atoms with E-state index in [4.69, 9.17) is 5.73 Å². The van der Waals surface area contributed by atoms with Gasteiger partial charge in [0.1, 0.15) is 12.1 Å². The molecule has 0 bridgehead atoms. The molecule has 0 aromatic rings. The minimum absolute atomic E-state index is 0.0358. The van der Waals surface area contributed by atoms with E-state index < -0.39 is 30.0 Å². The summed E-state index contributed by atoms with van der Waals surface area (Å²) in [6.07, 6.45) is 2.69. The lowest BCUT2D eigenvalue weighted by atomic mass is 9.97. The van der Waals surface area contributed by atoms with Gasteiger partial charge < -0.3 is 21.1 Å². The van der Waals surface area contributed by atoms with Gasteiger partial charge in [-0.15, -0.1) is 0 Å². The van der Waals surface area contributed by atoms with E-state index >= 15 is 0 Å². The Hall–Kier alpha value is -1.63. The van der Waals surface area contributed by atoms with Gasteiger partial charge in [0.25, 0.3) is 0 Å². The lowest BCUT2D eigenvalue weighted by molar-refractivity contribution is -0.145. The van der Waals surface area contributed by atoms with Crippen molar-refractivity contribution in [2.75, 3.05) is 6.54 Å². The number of rotatable bonds is 8. The molecule has 0 aliphatic carbocycles. The van der Waals surface area contributed by atoms with Crippen molar-refractivity contribution in [1.82, 2.24) is 10.2 Å². The van der Waals surface area contributed by atoms with Crippen LogP contribution in [0.1, 0.15) is 53.4 Å². The van der Waals surface area contributed by atoms with Crippen LogP contribution in [0, 0.1) is 11.8 Å². The molecule has 5 atom stereocenters. The molecule has 1 heterocycles. The molecule has 1 fully saturated rings. The second kappa shape index (κ2) is 9.01. The lowest BCUT2D eigenvalue weighted by Crippen LogP contribution is -2.55. The highest BCUT2D eigenvalue weighted by atomic mass is 16.4. The van der Waals surface area contributed by atoms with Gasteiger partial charge in [-0.1, -0.05) is 40.5 Å². The Morgan fingerprint density at radius 1 is 1.21 bits per heavy atom. The van der Waals surface area contributed by atoms with Crippen molar-refractivity contribution in [2.45, 2.75) is 71.5 Å². The molecular weight excluding hydrogens is 310 g/mol. The number of amides is 2. The fourth-order valence-corrected chi connectivity index (χ4v) is 2.92. The van der Waals surface area contributed by atoms with Gasteiger partial charge in [-0.3, -0.25) is 9.59 Å². The van der Waals surface area contributed by atoms with E-state index in [1.807, 2.05) is 20.8 Å². The predicted molar refractivity (Wildman–Crippen MR) is 91.2 cm³/mol. The number of carboxylic acid groups (broad SMARTS) is 1. The highest BCUT2D eigenvalue weighted by Crippen LogP contribution is 2.21. The van der Waals surface area contributed by atoms with Crippen molar-refractivity contribution in [1.29, 1.82) is 0 Å². The maximum Gasteiger partial charge on any atom is 0.326 e. The van der Waals surface area contributed by atoms with Crippen LogP contribution in [0.4, 0.5) is 0 Å². The quantitative estimate of drug-likeness (QED) is 0.609. The summed E-state index contributed by atoms with van der Waals surface area (Å²) in [5.41, 5.74) is 6.02. The van der Waals surface area contributed by atoms with E-state index in [1.54, 1.807) is 6.92 Å². The third-order valence-corrected chi connectivity index (χ3v) is 5.16. The minimum atomic E-state index is -1.05. The molecule has 1 unspecified atom stereocenters. The zero-order chi connectivity index (χ0) is 18.4. The Balaban J connectivity index is 2.82. The van der Waals surface area contributed by atoms with Crippen molar-refractivity contribution in [3.63, 3.8) is 0 Å². The molecule has 4 N–H and O–H groups in total. The Morgan fingerprint density at radius 3 is 2.29 bits per heavy atom. The third-order valence-electron chi connectivity index (χ3n) is 5.16. The molecule has 0 radical (unpaired) electrons. The molecule has 2 amide bonds. The number of carboxylic acids is 1. The summed E-state index contributed by atoms with van der Waals surface area (Å²) >= 11 is 0. The van der Waals surface area contributed by atoms with Crippen molar-refractivity contribution in [3.05, 3.63) is 0 Å². The standard InChI is InChI=1S/C17H31N3O4/c1-5-10(3)13(18)16(22)20-9-7-8-12(20)15(21)19-14(17(23)24)11(4)6-2/h10-14H,5-9,18H2,1-4H3,(H,19,21)(H,23,24)/t10-,11-,12?,13-,14-/m0/s1. The Labute approximate surface area is 144 Å². The molecule has 7 nitrogen and oxygen atoms in total. The Morgan fingerprint density at radius 2 is 1.79 bits per heavy atom. The molecule has 0 aromatic carbocycles. The first-order valence-electron chi connectivity index (χ1n) is 8.83. The highest BCUT2D eigenvalue weighted by molar-refractivity contribution is 5.92. The number of hydrogen-bond donors (Lipinski definition) is 3. The summed E-state index contributed by atoms with van der Waals surface area (Å²) in [6.45, 7) is 8.04. The van der Waals surface area contributed by atoms with Crippen LogP contribution in [0.2, 0.25) is 0 Å². The molecule has 7 heteroatoms. The molecule has 1 rings (SSSR count). The van der Waals surface area contributed by atoms with E-state index in [2.05, 4.69) is 5.32 Å². The van der Waals surface area contributed by atoms with Gasteiger partial charge in [0, 0.05) is 6.54 Å². The number of nitrogens with zero attached hydrogens (tertiary/aromatic N) is 1. The number of carbonyl (C=O) groups excluding carboxylic acids is 2. The molecule has 24 heavy (non-hydrogen) atoms. The summed E-state index contributed by atoms with van der Waals surface area (Å²) < 4.78 is 0. The number of likely N-dealkylation sites (tertiary alicyclic amines) is 1. The van der Waals surface area contributed by atoms with Crippen LogP contribution in [0.15, 0.2) is 0 Å². The SMILES string of the molecule is CC[C@H](C)[C@H](N)C(=O)N1CCCC1C(=O)N[C@H](C(=O)O)[C@@H](C)CC. The molecule has 1 saturated heterocycles. The fourth-order valence-electron chi connectivity index (χ4n) is 2.92. The van der Waals surface area contributed by atoms with E-state index in [0.717, 1.165) is 12.8 Å². The first kappa shape index (κ1) is 20.4. The van der Waals surface area contributed by atoms with Crippen LogP contribution >= 0.6 is 0 Å². The van der Waals surface area contributed by atoms with Crippen LogP contribution in [0.25, 0.3) is 0 Å². The molecule has 138 valence electrons. The van der Waals surface area contributed by atoms with Gasteiger partial charge in [0.15, 0.2) is 0 Å². The summed E-state index contributed by atoms with van der Waals surface area (Å²) in [5, 5.41) is 11.9. The second-order valence-electron chi connectivity index (χ2n) is 6.81. The van der Waals surface area contributed by atoms with Crippen molar-refractivity contribution < 1.29 is 19.5 Å². The van der Waals surface area contributed by atoms with Crippen LogP contribution in [0.5, 0.6) is 0 Å². The summed E-state index contributed by atoms with van der Waals surface area (Å²) in [6, 6.07) is -2.20. The summed E-state index contributed by atoms with van der Waals surface area (Å²) in [5.74, 6) is -1.82. The van der Waals surface area contributed by atoms with Crippen LogP contribution in [-0.2, 0) is 14.4 Å². The van der Waals surface area contributed by atoms with E-state index in [9.17, 15) is 19.5 Å². The maximum absolute atomic E-state index is 12.6. The lowest BCUT2D eigenvalue weighted by Gasteiger charge is -2.30. The first-order chi connectivity index (χ1) is 11.2. The fraction of sp³-hybridized carbons (Fsp3) is 0.824. The first-order valence-corrected chi connectivity index (χ1v) is 8.83. The normalized spacial score (nSPS) is 22.5. The van der Waals surface area contributed by atoms with Gasteiger partial charge in [0.05, 0.1) is 6.04 Å². The van der Waals surface area contributed by atoms with Gasteiger partial charge in [-0.2, -0.15) is 0 Å². The van der Waals surface area contributed by atoms with Gasteiger partial charge in [0.2, 0.25) is 11.8 Å². The second-order valence-corrected chi connectivity index (χ2v) is 6.81. The van der Waals surface area contributed by atoms with Crippen LogP contribution < -0.4 is 11.1 Å². The molecular formula is C17H31N3O4. The van der Waals surface area contributed by atoms with Gasteiger partial charge in [-0.25, -0.2) is 4.79 Å². The molecule has 1 aliphatic heterocycles. The number of hydrogen-bond acceptors (Lipinski definition) is 4. The average molecular weight is 341 g/mol.